The molecule has 1 amide bonds. The Morgan fingerprint density at radius 2 is 1.81 bits per heavy atom. The number of amides is 1. The van der Waals surface area contributed by atoms with Gasteiger partial charge in [0.05, 0.1) is 7.11 Å². The van der Waals surface area contributed by atoms with Crippen LogP contribution in [0.5, 0.6) is 11.5 Å². The van der Waals surface area contributed by atoms with Crippen molar-refractivity contribution >= 4 is 11.7 Å². The van der Waals surface area contributed by atoms with E-state index >= 15 is 0 Å². The highest BCUT2D eigenvalue weighted by Gasteiger charge is 2.12. The van der Waals surface area contributed by atoms with Gasteiger partial charge in [0, 0.05) is 11.3 Å². The highest BCUT2D eigenvalue weighted by Crippen LogP contribution is 2.29. The van der Waals surface area contributed by atoms with E-state index in [-0.39, 0.29) is 5.91 Å². The number of aromatic nitrogens is 1. The van der Waals surface area contributed by atoms with E-state index in [1.165, 1.54) is 0 Å². The Morgan fingerprint density at radius 1 is 1.00 bits per heavy atom. The van der Waals surface area contributed by atoms with Crippen LogP contribution >= 0.6 is 0 Å². The molecule has 1 aromatic heterocycles. The summed E-state index contributed by atoms with van der Waals surface area (Å²) in [7, 11) is 1.55. The zero-order valence-electron chi connectivity index (χ0n) is 14.7. The number of benzene rings is 2. The first-order valence-corrected chi connectivity index (χ1v) is 8.25. The van der Waals surface area contributed by atoms with E-state index in [1.54, 1.807) is 31.4 Å². The standard InChI is InChI=1S/C21H20N2O3/c1-15-7-6-10-20(22-15)23-21(24)17-11-12-18(19(13-17)25-2)26-14-16-8-4-3-5-9-16/h3-13H,14H2,1-2H3,(H,22,23,24). The number of anilines is 1. The summed E-state index contributed by atoms with van der Waals surface area (Å²) in [5.74, 6) is 1.35. The van der Waals surface area contributed by atoms with Gasteiger partial charge in [0.2, 0.25) is 0 Å². The summed E-state index contributed by atoms with van der Waals surface area (Å²) < 4.78 is 11.2. The molecule has 3 aromatic rings. The zero-order chi connectivity index (χ0) is 18.4. The second kappa shape index (κ2) is 8.16. The van der Waals surface area contributed by atoms with Gasteiger partial charge in [0.1, 0.15) is 12.4 Å². The summed E-state index contributed by atoms with van der Waals surface area (Å²) in [6, 6.07) is 20.4. The Bertz CT molecular complexity index is 895. The molecule has 0 unspecified atom stereocenters. The van der Waals surface area contributed by atoms with E-state index in [9.17, 15) is 4.79 Å². The number of carbonyl (C=O) groups is 1. The first kappa shape index (κ1) is 17.5. The van der Waals surface area contributed by atoms with Crippen molar-refractivity contribution in [3.8, 4) is 11.5 Å². The lowest BCUT2D eigenvalue weighted by molar-refractivity contribution is 0.102. The molecule has 0 atom stereocenters. The van der Waals surface area contributed by atoms with Crippen molar-refractivity contribution in [1.29, 1.82) is 0 Å². The number of methoxy groups -OCH3 is 1. The normalized spacial score (nSPS) is 10.2. The predicted octanol–water partition coefficient (Wildman–Crippen LogP) is 4.23. The SMILES string of the molecule is COc1cc(C(=O)Nc2cccc(C)n2)ccc1OCc1ccccc1. The number of rotatable bonds is 6. The Hall–Kier alpha value is -3.34. The van der Waals surface area contributed by atoms with Crippen LogP contribution in [0.4, 0.5) is 5.82 Å². The van der Waals surface area contributed by atoms with Gasteiger partial charge in [0.15, 0.2) is 11.5 Å². The predicted molar refractivity (Wildman–Crippen MR) is 101 cm³/mol. The molecule has 5 heteroatoms. The Labute approximate surface area is 152 Å². The van der Waals surface area contributed by atoms with Crippen LogP contribution in [0, 0.1) is 6.92 Å². The Morgan fingerprint density at radius 3 is 2.54 bits per heavy atom. The van der Waals surface area contributed by atoms with Crippen molar-refractivity contribution in [1.82, 2.24) is 4.98 Å². The number of aryl methyl sites for hydroxylation is 1. The third-order valence-corrected chi connectivity index (χ3v) is 3.79. The summed E-state index contributed by atoms with van der Waals surface area (Å²) in [4.78, 5) is 16.7. The molecule has 0 aliphatic rings. The number of carbonyl (C=O) groups excluding carboxylic acids is 1. The van der Waals surface area contributed by atoms with Gasteiger partial charge < -0.3 is 14.8 Å². The van der Waals surface area contributed by atoms with Gasteiger partial charge in [-0.2, -0.15) is 0 Å². The summed E-state index contributed by atoms with van der Waals surface area (Å²) in [6.07, 6.45) is 0. The van der Waals surface area contributed by atoms with Crippen LogP contribution < -0.4 is 14.8 Å². The van der Waals surface area contributed by atoms with Gasteiger partial charge in [-0.25, -0.2) is 4.98 Å². The summed E-state index contributed by atoms with van der Waals surface area (Å²) >= 11 is 0. The van der Waals surface area contributed by atoms with Crippen LogP contribution in [0.3, 0.4) is 0 Å². The number of nitrogens with one attached hydrogen (secondary N) is 1. The topological polar surface area (TPSA) is 60.5 Å². The Balaban J connectivity index is 1.72. The van der Waals surface area contributed by atoms with Gasteiger partial charge in [-0.05, 0) is 42.8 Å². The molecule has 0 saturated heterocycles. The second-order valence-electron chi connectivity index (χ2n) is 5.76. The highest BCUT2D eigenvalue weighted by atomic mass is 16.5. The largest absolute Gasteiger partial charge is 0.493 e. The quantitative estimate of drug-likeness (QED) is 0.724. The van der Waals surface area contributed by atoms with Crippen molar-refractivity contribution < 1.29 is 14.3 Å². The number of hydrogen-bond donors (Lipinski definition) is 1. The summed E-state index contributed by atoms with van der Waals surface area (Å²) in [5.41, 5.74) is 2.36. The average molecular weight is 348 g/mol. The summed E-state index contributed by atoms with van der Waals surface area (Å²) in [6.45, 7) is 2.30. The van der Waals surface area contributed by atoms with Gasteiger partial charge >= 0.3 is 0 Å². The van der Waals surface area contributed by atoms with E-state index < -0.39 is 0 Å². The molecule has 0 fully saturated rings. The van der Waals surface area contributed by atoms with E-state index in [2.05, 4.69) is 10.3 Å². The first-order chi connectivity index (χ1) is 12.7. The van der Waals surface area contributed by atoms with Crippen molar-refractivity contribution in [2.45, 2.75) is 13.5 Å². The minimum Gasteiger partial charge on any atom is -0.493 e. The smallest absolute Gasteiger partial charge is 0.256 e. The fraction of sp³-hybridized carbons (Fsp3) is 0.143. The molecule has 1 heterocycles. The average Bonchev–Trinajstić information content (AvgIpc) is 2.67. The van der Waals surface area contributed by atoms with Gasteiger partial charge in [0.25, 0.3) is 5.91 Å². The molecule has 0 bridgehead atoms. The molecule has 2 aromatic carbocycles. The van der Waals surface area contributed by atoms with Crippen LogP contribution in [0.1, 0.15) is 21.6 Å². The van der Waals surface area contributed by atoms with Gasteiger partial charge in [-0.15, -0.1) is 0 Å². The first-order valence-electron chi connectivity index (χ1n) is 8.25. The number of pyridine rings is 1. The van der Waals surface area contributed by atoms with Crippen molar-refractivity contribution in [2.24, 2.45) is 0 Å². The molecule has 0 radical (unpaired) electrons. The maximum atomic E-state index is 12.4. The Kier molecular flexibility index (Phi) is 5.49. The number of nitrogens with zero attached hydrogens (tertiary/aromatic N) is 1. The molecule has 132 valence electrons. The lowest BCUT2D eigenvalue weighted by Gasteiger charge is -2.12. The molecular formula is C21H20N2O3. The van der Waals surface area contributed by atoms with Crippen LogP contribution in [0.25, 0.3) is 0 Å². The second-order valence-corrected chi connectivity index (χ2v) is 5.76. The van der Waals surface area contributed by atoms with Crippen molar-refractivity contribution in [3.05, 3.63) is 83.6 Å². The third-order valence-electron chi connectivity index (χ3n) is 3.79. The molecule has 0 aliphatic carbocycles. The molecule has 3 rings (SSSR count). The molecule has 0 saturated carbocycles. The molecule has 1 N–H and O–H groups in total. The highest BCUT2D eigenvalue weighted by molar-refractivity contribution is 6.04. The van der Waals surface area contributed by atoms with Crippen molar-refractivity contribution in [3.63, 3.8) is 0 Å². The molecular weight excluding hydrogens is 328 g/mol. The van der Waals surface area contributed by atoms with E-state index in [0.29, 0.717) is 29.5 Å². The monoisotopic (exact) mass is 348 g/mol. The maximum absolute atomic E-state index is 12.4. The van der Waals surface area contributed by atoms with Crippen LogP contribution in [-0.4, -0.2) is 18.0 Å². The number of hydrogen-bond acceptors (Lipinski definition) is 4. The third kappa shape index (κ3) is 4.39. The lowest BCUT2D eigenvalue weighted by atomic mass is 10.2. The lowest BCUT2D eigenvalue weighted by Crippen LogP contribution is -2.13. The molecule has 0 spiro atoms. The fourth-order valence-corrected chi connectivity index (χ4v) is 2.46. The number of ether oxygens (including phenoxy) is 2. The van der Waals surface area contributed by atoms with Crippen LogP contribution in [0.2, 0.25) is 0 Å². The van der Waals surface area contributed by atoms with E-state index in [4.69, 9.17) is 9.47 Å². The minimum atomic E-state index is -0.254. The zero-order valence-corrected chi connectivity index (χ0v) is 14.7. The van der Waals surface area contributed by atoms with Crippen LogP contribution in [0.15, 0.2) is 66.7 Å². The maximum Gasteiger partial charge on any atom is 0.256 e. The van der Waals surface area contributed by atoms with Gasteiger partial charge in [-0.1, -0.05) is 36.4 Å². The van der Waals surface area contributed by atoms with E-state index in [1.807, 2.05) is 49.4 Å². The van der Waals surface area contributed by atoms with E-state index in [0.717, 1.165) is 11.3 Å². The van der Waals surface area contributed by atoms with Gasteiger partial charge in [-0.3, -0.25) is 4.79 Å². The van der Waals surface area contributed by atoms with Crippen LogP contribution in [-0.2, 0) is 6.61 Å². The molecule has 0 aliphatic heterocycles. The fourth-order valence-electron chi connectivity index (χ4n) is 2.46. The minimum absolute atomic E-state index is 0.254. The summed E-state index contributed by atoms with van der Waals surface area (Å²) in [5, 5.41) is 2.78. The molecule has 5 nitrogen and oxygen atoms in total. The van der Waals surface area contributed by atoms with Crippen molar-refractivity contribution in [2.75, 3.05) is 12.4 Å². The molecule has 26 heavy (non-hydrogen) atoms.